The Bertz CT molecular complexity index is 516. The summed E-state index contributed by atoms with van der Waals surface area (Å²) in [5, 5.41) is 5.12. The van der Waals surface area contributed by atoms with Crippen LogP contribution in [0.5, 0.6) is 0 Å². The van der Waals surface area contributed by atoms with E-state index in [4.69, 9.17) is 11.6 Å². The molecule has 1 aliphatic carbocycles. The van der Waals surface area contributed by atoms with Crippen LogP contribution in [0.25, 0.3) is 0 Å². The van der Waals surface area contributed by atoms with Gasteiger partial charge in [0.05, 0.1) is 5.02 Å². The van der Waals surface area contributed by atoms with Crippen LogP contribution in [0.4, 0.5) is 0 Å². The normalized spacial score (nSPS) is 18.0. The van der Waals surface area contributed by atoms with E-state index < -0.39 is 0 Å². The molecule has 1 heterocycles. The zero-order chi connectivity index (χ0) is 11.1. The predicted octanol–water partition coefficient (Wildman–Crippen LogP) is 3.48. The van der Waals surface area contributed by atoms with Gasteiger partial charge >= 0.3 is 0 Å². The third-order valence-electron chi connectivity index (χ3n) is 3.04. The molecule has 0 fully saturated rings. The van der Waals surface area contributed by atoms with Gasteiger partial charge in [0.15, 0.2) is 0 Å². The van der Waals surface area contributed by atoms with Crippen LogP contribution >= 0.6 is 34.2 Å². The van der Waals surface area contributed by atoms with Gasteiger partial charge in [-0.15, -0.1) is 0 Å². The lowest BCUT2D eigenvalue weighted by molar-refractivity contribution is 0.473. The molecule has 0 spiro atoms. The summed E-state index contributed by atoms with van der Waals surface area (Å²) in [5.74, 6) is 0.600. The van der Waals surface area contributed by atoms with E-state index in [2.05, 4.69) is 52.0 Å². The van der Waals surface area contributed by atoms with Crippen molar-refractivity contribution in [2.75, 3.05) is 0 Å². The molecule has 0 N–H and O–H groups in total. The van der Waals surface area contributed by atoms with Gasteiger partial charge in [-0.2, -0.15) is 5.10 Å². The van der Waals surface area contributed by atoms with Crippen LogP contribution in [0.1, 0.15) is 17.0 Å². The highest BCUT2D eigenvalue weighted by Crippen LogP contribution is 2.36. The van der Waals surface area contributed by atoms with Crippen LogP contribution in [0, 0.1) is 3.70 Å². The van der Waals surface area contributed by atoms with Crippen LogP contribution < -0.4 is 0 Å². The van der Waals surface area contributed by atoms with Crippen molar-refractivity contribution in [3.8, 4) is 0 Å². The van der Waals surface area contributed by atoms with E-state index in [1.807, 2.05) is 10.9 Å². The maximum Gasteiger partial charge on any atom is 0.141 e. The monoisotopic (exact) mass is 344 g/mol. The minimum atomic E-state index is 0.600. The summed E-state index contributed by atoms with van der Waals surface area (Å²) >= 11 is 8.14. The first-order chi connectivity index (χ1) is 7.74. The maximum absolute atomic E-state index is 5.98. The molecule has 0 saturated carbocycles. The molecule has 1 aromatic heterocycles. The van der Waals surface area contributed by atoms with Gasteiger partial charge in [-0.05, 0) is 40.1 Å². The number of benzene rings is 1. The van der Waals surface area contributed by atoms with Gasteiger partial charge in [-0.3, -0.25) is 4.68 Å². The second-order valence-electron chi connectivity index (χ2n) is 4.09. The van der Waals surface area contributed by atoms with Crippen molar-refractivity contribution in [3.05, 3.63) is 50.3 Å². The Balaban J connectivity index is 1.79. The fraction of sp³-hybridized carbons (Fsp3) is 0.250. The quantitative estimate of drug-likeness (QED) is 0.763. The van der Waals surface area contributed by atoms with E-state index in [-0.39, 0.29) is 0 Å². The number of fused-ring (bicyclic) bond motifs is 1. The highest BCUT2D eigenvalue weighted by Gasteiger charge is 2.25. The number of nitrogens with zero attached hydrogens (tertiary/aromatic N) is 2. The van der Waals surface area contributed by atoms with Crippen molar-refractivity contribution < 1.29 is 0 Å². The SMILES string of the molecule is Clc1cn(CC2Cc3ccccc32)nc1I. The van der Waals surface area contributed by atoms with E-state index in [1.54, 1.807) is 0 Å². The highest BCUT2D eigenvalue weighted by atomic mass is 127. The van der Waals surface area contributed by atoms with Crippen molar-refractivity contribution in [1.29, 1.82) is 0 Å². The molecule has 1 aromatic carbocycles. The summed E-state index contributed by atoms with van der Waals surface area (Å²) in [7, 11) is 0. The predicted molar refractivity (Wildman–Crippen MR) is 72.8 cm³/mol. The smallest absolute Gasteiger partial charge is 0.141 e. The second-order valence-corrected chi connectivity index (χ2v) is 5.52. The number of aromatic nitrogens is 2. The molecular weight excluding hydrogens is 335 g/mol. The molecule has 3 rings (SSSR count). The Hall–Kier alpha value is -0.550. The fourth-order valence-electron chi connectivity index (χ4n) is 2.22. The molecule has 0 aliphatic heterocycles. The molecule has 1 atom stereocenters. The van der Waals surface area contributed by atoms with Crippen molar-refractivity contribution in [2.45, 2.75) is 18.9 Å². The molecule has 82 valence electrons. The molecule has 0 amide bonds. The number of hydrogen-bond donors (Lipinski definition) is 0. The van der Waals surface area contributed by atoms with Gasteiger partial charge in [0.2, 0.25) is 0 Å². The molecular formula is C12H10ClIN2. The number of hydrogen-bond acceptors (Lipinski definition) is 1. The lowest BCUT2D eigenvalue weighted by Gasteiger charge is -2.29. The van der Waals surface area contributed by atoms with Gasteiger partial charge in [0, 0.05) is 18.7 Å². The summed E-state index contributed by atoms with van der Waals surface area (Å²) < 4.78 is 2.83. The van der Waals surface area contributed by atoms with Crippen molar-refractivity contribution in [1.82, 2.24) is 9.78 Å². The van der Waals surface area contributed by atoms with Crippen LogP contribution in [-0.4, -0.2) is 9.78 Å². The molecule has 1 unspecified atom stereocenters. The summed E-state index contributed by atoms with van der Waals surface area (Å²) in [5.41, 5.74) is 2.93. The van der Waals surface area contributed by atoms with Gasteiger partial charge < -0.3 is 0 Å². The van der Waals surface area contributed by atoms with Gasteiger partial charge in [0.25, 0.3) is 0 Å². The van der Waals surface area contributed by atoms with E-state index in [0.717, 1.165) is 21.7 Å². The molecule has 0 radical (unpaired) electrons. The van der Waals surface area contributed by atoms with Gasteiger partial charge in [0.1, 0.15) is 3.70 Å². The largest absolute Gasteiger partial charge is 0.270 e. The topological polar surface area (TPSA) is 17.8 Å². The second kappa shape index (κ2) is 4.04. The fourth-order valence-corrected chi connectivity index (χ4v) is 2.79. The van der Waals surface area contributed by atoms with Crippen LogP contribution in [-0.2, 0) is 13.0 Å². The Morgan fingerprint density at radius 2 is 2.25 bits per heavy atom. The lowest BCUT2D eigenvalue weighted by Crippen LogP contribution is -2.22. The number of halogens is 2. The zero-order valence-corrected chi connectivity index (χ0v) is 11.4. The minimum Gasteiger partial charge on any atom is -0.270 e. The Morgan fingerprint density at radius 1 is 1.44 bits per heavy atom. The first-order valence-corrected chi connectivity index (χ1v) is 6.66. The van der Waals surface area contributed by atoms with Crippen LogP contribution in [0.15, 0.2) is 30.5 Å². The third-order valence-corrected chi connectivity index (χ3v) is 4.44. The molecule has 4 heteroatoms. The Kier molecular flexibility index (Phi) is 2.67. The molecule has 2 nitrogen and oxygen atoms in total. The van der Waals surface area contributed by atoms with Crippen LogP contribution in [0.2, 0.25) is 5.02 Å². The minimum absolute atomic E-state index is 0.600. The summed E-state index contributed by atoms with van der Waals surface area (Å²) in [6.45, 7) is 0.930. The van der Waals surface area contributed by atoms with Crippen molar-refractivity contribution in [2.24, 2.45) is 0 Å². The molecule has 2 aromatic rings. The van der Waals surface area contributed by atoms with Gasteiger partial charge in [-0.1, -0.05) is 35.9 Å². The summed E-state index contributed by atoms with van der Waals surface area (Å²) in [6.07, 6.45) is 3.06. The highest BCUT2D eigenvalue weighted by molar-refractivity contribution is 14.1. The Labute approximate surface area is 113 Å². The van der Waals surface area contributed by atoms with Crippen LogP contribution in [0.3, 0.4) is 0 Å². The average molecular weight is 345 g/mol. The molecule has 16 heavy (non-hydrogen) atoms. The standard InChI is InChI=1S/C12H10ClIN2/c13-11-7-16(15-12(11)14)6-9-5-8-3-1-2-4-10(8)9/h1-4,7,9H,5-6H2. The molecule has 1 aliphatic rings. The average Bonchev–Trinajstić information content (AvgIpc) is 2.55. The first-order valence-electron chi connectivity index (χ1n) is 5.20. The number of rotatable bonds is 2. The van der Waals surface area contributed by atoms with Gasteiger partial charge in [-0.25, -0.2) is 0 Å². The Morgan fingerprint density at radius 3 is 2.94 bits per heavy atom. The molecule has 0 saturated heterocycles. The van der Waals surface area contributed by atoms with Crippen molar-refractivity contribution >= 4 is 34.2 Å². The summed E-state index contributed by atoms with van der Waals surface area (Å²) in [6, 6.07) is 8.61. The summed E-state index contributed by atoms with van der Waals surface area (Å²) in [4.78, 5) is 0. The van der Waals surface area contributed by atoms with E-state index >= 15 is 0 Å². The van der Waals surface area contributed by atoms with E-state index in [9.17, 15) is 0 Å². The third kappa shape index (κ3) is 1.76. The zero-order valence-electron chi connectivity index (χ0n) is 8.53. The lowest BCUT2D eigenvalue weighted by atomic mass is 9.78. The molecule has 0 bridgehead atoms. The van der Waals surface area contributed by atoms with E-state index in [1.165, 1.54) is 11.1 Å². The van der Waals surface area contributed by atoms with E-state index in [0.29, 0.717) is 5.92 Å². The van der Waals surface area contributed by atoms with Crippen molar-refractivity contribution in [3.63, 3.8) is 0 Å². The maximum atomic E-state index is 5.98. The first kappa shape index (κ1) is 10.6.